The molecule has 96 valence electrons. The van der Waals surface area contributed by atoms with Gasteiger partial charge in [-0.3, -0.25) is 5.10 Å². The first-order valence-electron chi connectivity index (χ1n) is 5.99. The molecule has 0 bridgehead atoms. The van der Waals surface area contributed by atoms with Gasteiger partial charge in [-0.15, -0.1) is 11.3 Å². The summed E-state index contributed by atoms with van der Waals surface area (Å²) in [4.78, 5) is 5.87. The molecular formula is C14H14N4S. The van der Waals surface area contributed by atoms with Crippen LogP contribution >= 0.6 is 11.3 Å². The third-order valence-electron chi connectivity index (χ3n) is 3.02. The average Bonchev–Trinajstić information content (AvgIpc) is 2.96. The number of nitrogens with one attached hydrogen (secondary N) is 1. The predicted molar refractivity (Wildman–Crippen MR) is 79.0 cm³/mol. The minimum absolute atomic E-state index is 0.559. The Bertz CT molecular complexity index is 709. The van der Waals surface area contributed by atoms with E-state index in [4.69, 9.17) is 10.7 Å². The Morgan fingerprint density at radius 3 is 2.53 bits per heavy atom. The predicted octanol–water partition coefficient (Wildman–Crippen LogP) is 3.40. The van der Waals surface area contributed by atoms with Crippen LogP contribution in [0.25, 0.3) is 21.8 Å². The van der Waals surface area contributed by atoms with Gasteiger partial charge >= 0.3 is 0 Å². The van der Waals surface area contributed by atoms with Crippen molar-refractivity contribution in [2.75, 3.05) is 5.73 Å². The summed E-state index contributed by atoms with van der Waals surface area (Å²) < 4.78 is 0. The topological polar surface area (TPSA) is 67.6 Å². The molecule has 0 aliphatic rings. The molecule has 2 heterocycles. The molecule has 0 atom stereocenters. The zero-order chi connectivity index (χ0) is 13.4. The van der Waals surface area contributed by atoms with Crippen molar-refractivity contribution in [2.45, 2.75) is 13.8 Å². The van der Waals surface area contributed by atoms with E-state index in [1.807, 2.05) is 0 Å². The Hall–Kier alpha value is -2.14. The number of nitrogens with two attached hydrogens (primary N) is 1. The highest BCUT2D eigenvalue weighted by molar-refractivity contribution is 7.15. The lowest BCUT2D eigenvalue weighted by Gasteiger charge is -1.99. The fraction of sp³-hybridized carbons (Fsp3) is 0.143. The molecule has 0 fully saturated rings. The largest absolute Gasteiger partial charge is 0.383 e. The fourth-order valence-corrected chi connectivity index (χ4v) is 2.92. The molecular weight excluding hydrogens is 256 g/mol. The van der Waals surface area contributed by atoms with E-state index >= 15 is 0 Å². The Kier molecular flexibility index (Phi) is 2.83. The Morgan fingerprint density at radius 2 is 1.89 bits per heavy atom. The fourth-order valence-electron chi connectivity index (χ4n) is 1.96. The number of benzene rings is 1. The van der Waals surface area contributed by atoms with Crippen LogP contribution in [0.2, 0.25) is 0 Å². The van der Waals surface area contributed by atoms with E-state index in [1.165, 1.54) is 10.4 Å². The van der Waals surface area contributed by atoms with Crippen molar-refractivity contribution in [3.05, 3.63) is 40.9 Å². The smallest absolute Gasteiger partial charge is 0.129 e. The summed E-state index contributed by atoms with van der Waals surface area (Å²) in [7, 11) is 0. The third-order valence-corrected chi connectivity index (χ3v) is 4.02. The SMILES string of the molecule is Cc1ccc(-c2nc(-c3cn[nH]c3N)sc2C)cc1. The molecule has 0 unspecified atom stereocenters. The zero-order valence-corrected chi connectivity index (χ0v) is 11.6. The van der Waals surface area contributed by atoms with Crippen LogP contribution in [0.5, 0.6) is 0 Å². The summed E-state index contributed by atoms with van der Waals surface area (Å²) in [5.41, 5.74) is 10.1. The molecule has 0 radical (unpaired) electrons. The van der Waals surface area contributed by atoms with Crippen LogP contribution in [0.1, 0.15) is 10.4 Å². The van der Waals surface area contributed by atoms with Crippen LogP contribution in [0.15, 0.2) is 30.5 Å². The number of aromatic amines is 1. The van der Waals surface area contributed by atoms with Gasteiger partial charge in [0.05, 0.1) is 17.5 Å². The maximum Gasteiger partial charge on any atom is 0.129 e. The number of aryl methyl sites for hydroxylation is 2. The van der Waals surface area contributed by atoms with E-state index in [-0.39, 0.29) is 0 Å². The molecule has 0 aliphatic carbocycles. The maximum absolute atomic E-state index is 5.84. The zero-order valence-electron chi connectivity index (χ0n) is 10.8. The van der Waals surface area contributed by atoms with Crippen LogP contribution in [0, 0.1) is 13.8 Å². The van der Waals surface area contributed by atoms with Crippen molar-refractivity contribution >= 4 is 17.2 Å². The molecule has 5 heteroatoms. The van der Waals surface area contributed by atoms with Crippen molar-refractivity contribution in [2.24, 2.45) is 0 Å². The lowest BCUT2D eigenvalue weighted by molar-refractivity contribution is 1.10. The van der Waals surface area contributed by atoms with Gasteiger partial charge in [-0.25, -0.2) is 4.98 Å². The van der Waals surface area contributed by atoms with Gasteiger partial charge < -0.3 is 5.73 Å². The number of aromatic nitrogens is 3. The molecule has 0 aliphatic heterocycles. The molecule has 3 rings (SSSR count). The standard InChI is InChI=1S/C14H14N4S/c1-8-3-5-10(6-4-8)12-9(2)19-14(17-12)11-7-16-18-13(11)15/h3-7H,1-2H3,(H3,15,16,18). The van der Waals surface area contributed by atoms with Crippen molar-refractivity contribution in [1.82, 2.24) is 15.2 Å². The quantitative estimate of drug-likeness (QED) is 0.750. The van der Waals surface area contributed by atoms with Gasteiger partial charge in [-0.1, -0.05) is 29.8 Å². The van der Waals surface area contributed by atoms with Crippen molar-refractivity contribution < 1.29 is 0 Å². The minimum Gasteiger partial charge on any atom is -0.383 e. The van der Waals surface area contributed by atoms with Gasteiger partial charge in [0, 0.05) is 10.4 Å². The van der Waals surface area contributed by atoms with Gasteiger partial charge in [-0.2, -0.15) is 5.10 Å². The number of nitrogens with zero attached hydrogens (tertiary/aromatic N) is 2. The summed E-state index contributed by atoms with van der Waals surface area (Å²) in [6, 6.07) is 8.39. The van der Waals surface area contributed by atoms with Crippen molar-refractivity contribution in [3.8, 4) is 21.8 Å². The number of hydrogen-bond donors (Lipinski definition) is 2. The summed E-state index contributed by atoms with van der Waals surface area (Å²) in [5, 5.41) is 7.58. The highest BCUT2D eigenvalue weighted by Gasteiger charge is 2.14. The number of rotatable bonds is 2. The number of anilines is 1. The molecule has 0 saturated heterocycles. The molecule has 3 N–H and O–H groups in total. The van der Waals surface area contributed by atoms with Gasteiger partial charge in [-0.05, 0) is 13.8 Å². The van der Waals surface area contributed by atoms with Crippen molar-refractivity contribution in [3.63, 3.8) is 0 Å². The lowest BCUT2D eigenvalue weighted by atomic mass is 10.1. The highest BCUT2D eigenvalue weighted by Crippen LogP contribution is 2.34. The van der Waals surface area contributed by atoms with E-state index in [1.54, 1.807) is 17.5 Å². The normalized spacial score (nSPS) is 10.8. The minimum atomic E-state index is 0.559. The number of H-pyrrole nitrogens is 1. The van der Waals surface area contributed by atoms with Crippen LogP contribution in [-0.4, -0.2) is 15.2 Å². The van der Waals surface area contributed by atoms with E-state index in [9.17, 15) is 0 Å². The van der Waals surface area contributed by atoms with Crippen LogP contribution in [-0.2, 0) is 0 Å². The molecule has 0 amide bonds. The van der Waals surface area contributed by atoms with E-state index in [2.05, 4.69) is 48.3 Å². The molecule has 1 aromatic carbocycles. The van der Waals surface area contributed by atoms with Crippen LogP contribution in [0.3, 0.4) is 0 Å². The lowest BCUT2D eigenvalue weighted by Crippen LogP contribution is -1.87. The molecule has 3 aromatic rings. The summed E-state index contributed by atoms with van der Waals surface area (Å²) in [6.45, 7) is 4.15. The molecule has 0 spiro atoms. The van der Waals surface area contributed by atoms with Gasteiger partial charge in [0.1, 0.15) is 10.8 Å². The Balaban J connectivity index is 2.07. The molecule has 0 saturated carbocycles. The van der Waals surface area contributed by atoms with E-state index in [0.29, 0.717) is 5.82 Å². The highest BCUT2D eigenvalue weighted by atomic mass is 32.1. The van der Waals surface area contributed by atoms with Gasteiger partial charge in [0.2, 0.25) is 0 Å². The van der Waals surface area contributed by atoms with Crippen molar-refractivity contribution in [1.29, 1.82) is 0 Å². The summed E-state index contributed by atoms with van der Waals surface area (Å²) >= 11 is 1.63. The van der Waals surface area contributed by atoms with E-state index in [0.717, 1.165) is 21.8 Å². The van der Waals surface area contributed by atoms with Crippen LogP contribution in [0.4, 0.5) is 5.82 Å². The summed E-state index contributed by atoms with van der Waals surface area (Å²) in [5.74, 6) is 0.559. The monoisotopic (exact) mass is 270 g/mol. The second-order valence-electron chi connectivity index (χ2n) is 4.49. The first-order valence-corrected chi connectivity index (χ1v) is 6.80. The average molecular weight is 270 g/mol. The summed E-state index contributed by atoms with van der Waals surface area (Å²) in [6.07, 6.45) is 1.71. The first kappa shape index (κ1) is 11.9. The van der Waals surface area contributed by atoms with Gasteiger partial charge in [0.15, 0.2) is 0 Å². The second-order valence-corrected chi connectivity index (χ2v) is 5.69. The third kappa shape index (κ3) is 2.13. The molecule has 19 heavy (non-hydrogen) atoms. The van der Waals surface area contributed by atoms with E-state index < -0.39 is 0 Å². The number of hydrogen-bond acceptors (Lipinski definition) is 4. The van der Waals surface area contributed by atoms with Gasteiger partial charge in [0.25, 0.3) is 0 Å². The molecule has 4 nitrogen and oxygen atoms in total. The number of nitrogen functional groups attached to an aromatic ring is 1. The van der Waals surface area contributed by atoms with Crippen LogP contribution < -0.4 is 5.73 Å². The molecule has 2 aromatic heterocycles. The maximum atomic E-state index is 5.84. The number of thiazole rings is 1. The Labute approximate surface area is 115 Å². The Morgan fingerprint density at radius 1 is 1.16 bits per heavy atom. The second kappa shape index (κ2) is 4.51. The first-order chi connectivity index (χ1) is 9.15.